The first-order chi connectivity index (χ1) is 9.49. The SMILES string of the molecule is COCC(CN)Nc1nc2c([nH]1)c(=O)n(C)c(=O)n2C. The molecule has 0 fully saturated rings. The highest BCUT2D eigenvalue weighted by Crippen LogP contribution is 2.09. The zero-order chi connectivity index (χ0) is 14.9. The predicted molar refractivity (Wildman–Crippen MR) is 74.9 cm³/mol. The van der Waals surface area contributed by atoms with Crippen molar-refractivity contribution in [2.45, 2.75) is 6.04 Å². The normalized spacial score (nSPS) is 12.8. The first kappa shape index (κ1) is 14.3. The Kier molecular flexibility index (Phi) is 3.91. The van der Waals surface area contributed by atoms with Gasteiger partial charge in [-0.2, -0.15) is 4.98 Å². The van der Waals surface area contributed by atoms with Gasteiger partial charge in [0.2, 0.25) is 5.95 Å². The minimum absolute atomic E-state index is 0.138. The molecule has 110 valence electrons. The quantitative estimate of drug-likeness (QED) is 0.604. The number of aryl methyl sites for hydroxylation is 1. The number of aromatic nitrogens is 4. The molecular weight excluding hydrogens is 264 g/mol. The van der Waals surface area contributed by atoms with E-state index in [1.807, 2.05) is 0 Å². The van der Waals surface area contributed by atoms with Crippen molar-refractivity contribution in [1.29, 1.82) is 0 Å². The molecule has 1 atom stereocenters. The molecule has 2 aromatic rings. The van der Waals surface area contributed by atoms with E-state index in [0.29, 0.717) is 24.7 Å². The molecule has 4 N–H and O–H groups in total. The molecular formula is C11H18N6O3. The molecule has 1 unspecified atom stereocenters. The summed E-state index contributed by atoms with van der Waals surface area (Å²) in [7, 11) is 4.55. The average molecular weight is 282 g/mol. The second-order valence-corrected chi connectivity index (χ2v) is 4.52. The van der Waals surface area contributed by atoms with E-state index in [9.17, 15) is 9.59 Å². The predicted octanol–water partition coefficient (Wildman–Crippen LogP) is -1.65. The van der Waals surface area contributed by atoms with Crippen LogP contribution in [0.5, 0.6) is 0 Å². The van der Waals surface area contributed by atoms with Crippen molar-refractivity contribution in [3.05, 3.63) is 20.8 Å². The lowest BCUT2D eigenvalue weighted by atomic mass is 10.3. The summed E-state index contributed by atoms with van der Waals surface area (Å²) in [6.07, 6.45) is 0. The maximum atomic E-state index is 12.0. The maximum Gasteiger partial charge on any atom is 0.332 e. The molecule has 0 amide bonds. The smallest absolute Gasteiger partial charge is 0.332 e. The number of imidazole rings is 1. The van der Waals surface area contributed by atoms with Crippen LogP contribution in [0.2, 0.25) is 0 Å². The number of fused-ring (bicyclic) bond motifs is 1. The maximum absolute atomic E-state index is 12.0. The second-order valence-electron chi connectivity index (χ2n) is 4.52. The van der Waals surface area contributed by atoms with Crippen LogP contribution in [0.4, 0.5) is 5.95 Å². The molecule has 2 aromatic heterocycles. The van der Waals surface area contributed by atoms with Crippen LogP contribution in [0.1, 0.15) is 0 Å². The van der Waals surface area contributed by atoms with Crippen LogP contribution in [0.3, 0.4) is 0 Å². The number of nitrogens with one attached hydrogen (secondary N) is 2. The van der Waals surface area contributed by atoms with Gasteiger partial charge in [-0.05, 0) is 0 Å². The van der Waals surface area contributed by atoms with Gasteiger partial charge in [-0.1, -0.05) is 0 Å². The lowest BCUT2D eigenvalue weighted by molar-refractivity contribution is 0.187. The van der Waals surface area contributed by atoms with Crippen molar-refractivity contribution in [3.63, 3.8) is 0 Å². The van der Waals surface area contributed by atoms with Gasteiger partial charge < -0.3 is 20.8 Å². The number of nitrogens with two attached hydrogens (primary N) is 1. The number of rotatable bonds is 5. The van der Waals surface area contributed by atoms with E-state index in [-0.39, 0.29) is 11.6 Å². The summed E-state index contributed by atoms with van der Waals surface area (Å²) in [5, 5.41) is 3.03. The first-order valence-corrected chi connectivity index (χ1v) is 6.10. The van der Waals surface area contributed by atoms with E-state index in [0.717, 1.165) is 4.57 Å². The van der Waals surface area contributed by atoms with Gasteiger partial charge in [0.05, 0.1) is 12.6 Å². The molecule has 9 heteroatoms. The fourth-order valence-corrected chi connectivity index (χ4v) is 1.96. The molecule has 20 heavy (non-hydrogen) atoms. The molecule has 0 spiro atoms. The van der Waals surface area contributed by atoms with Gasteiger partial charge in [0.1, 0.15) is 0 Å². The molecule has 2 heterocycles. The summed E-state index contributed by atoms with van der Waals surface area (Å²) in [6.45, 7) is 0.756. The molecule has 0 bridgehead atoms. The Balaban J connectivity index is 2.49. The van der Waals surface area contributed by atoms with E-state index < -0.39 is 11.2 Å². The van der Waals surface area contributed by atoms with Crippen LogP contribution in [0, 0.1) is 0 Å². The first-order valence-electron chi connectivity index (χ1n) is 6.10. The lowest BCUT2D eigenvalue weighted by Gasteiger charge is -2.14. The van der Waals surface area contributed by atoms with E-state index in [4.69, 9.17) is 10.5 Å². The molecule has 0 radical (unpaired) electrons. The van der Waals surface area contributed by atoms with Gasteiger partial charge in [0, 0.05) is 27.7 Å². The molecule has 0 saturated carbocycles. The summed E-state index contributed by atoms with van der Waals surface area (Å²) in [6, 6.07) is -0.138. The van der Waals surface area contributed by atoms with Crippen LogP contribution in [-0.4, -0.2) is 45.4 Å². The van der Waals surface area contributed by atoms with Gasteiger partial charge in [0.25, 0.3) is 5.56 Å². The highest BCUT2D eigenvalue weighted by Gasteiger charge is 2.15. The Hall–Kier alpha value is -2.13. The zero-order valence-corrected chi connectivity index (χ0v) is 11.6. The molecule has 0 aliphatic heterocycles. The van der Waals surface area contributed by atoms with E-state index >= 15 is 0 Å². The van der Waals surface area contributed by atoms with Crippen molar-refractivity contribution in [2.75, 3.05) is 25.6 Å². The molecule has 0 aromatic carbocycles. The summed E-state index contributed by atoms with van der Waals surface area (Å²) in [5.41, 5.74) is 5.33. The third-order valence-corrected chi connectivity index (χ3v) is 3.09. The Labute approximate surface area is 114 Å². The van der Waals surface area contributed by atoms with Crippen LogP contribution in [0.15, 0.2) is 9.59 Å². The minimum Gasteiger partial charge on any atom is -0.383 e. The summed E-state index contributed by atoms with van der Waals surface area (Å²) >= 11 is 0. The molecule has 2 rings (SSSR count). The second kappa shape index (κ2) is 5.47. The third kappa shape index (κ3) is 2.32. The van der Waals surface area contributed by atoms with Crippen molar-refractivity contribution < 1.29 is 4.74 Å². The fourth-order valence-electron chi connectivity index (χ4n) is 1.96. The topological polar surface area (TPSA) is 120 Å². The van der Waals surface area contributed by atoms with E-state index in [1.54, 1.807) is 14.2 Å². The number of aromatic amines is 1. The van der Waals surface area contributed by atoms with Crippen molar-refractivity contribution in [1.82, 2.24) is 19.1 Å². The number of hydrogen-bond donors (Lipinski definition) is 3. The summed E-state index contributed by atoms with van der Waals surface area (Å²) in [5.74, 6) is 0.380. The summed E-state index contributed by atoms with van der Waals surface area (Å²) < 4.78 is 7.36. The molecule has 0 aliphatic carbocycles. The number of methoxy groups -OCH3 is 1. The van der Waals surface area contributed by atoms with Crippen LogP contribution in [-0.2, 0) is 18.8 Å². The van der Waals surface area contributed by atoms with Crippen LogP contribution in [0.25, 0.3) is 11.2 Å². The van der Waals surface area contributed by atoms with Gasteiger partial charge in [0.15, 0.2) is 11.2 Å². The van der Waals surface area contributed by atoms with Gasteiger partial charge in [-0.15, -0.1) is 0 Å². The minimum atomic E-state index is -0.423. The lowest BCUT2D eigenvalue weighted by Crippen LogP contribution is -2.36. The highest BCUT2D eigenvalue weighted by molar-refractivity contribution is 5.72. The van der Waals surface area contributed by atoms with Crippen molar-refractivity contribution >= 4 is 17.1 Å². The van der Waals surface area contributed by atoms with Crippen LogP contribution >= 0.6 is 0 Å². The van der Waals surface area contributed by atoms with Gasteiger partial charge in [-0.3, -0.25) is 13.9 Å². The standard InChI is InChI=1S/C11H18N6O3/c1-16-8-7(9(18)17(2)11(16)19)14-10(15-8)13-6(4-12)5-20-3/h6H,4-5,12H2,1-3H3,(H2,13,14,15). The number of ether oxygens (including phenoxy) is 1. The Morgan fingerprint density at radius 2 is 2.10 bits per heavy atom. The number of nitrogens with zero attached hydrogens (tertiary/aromatic N) is 3. The highest BCUT2D eigenvalue weighted by atomic mass is 16.5. The Morgan fingerprint density at radius 1 is 1.40 bits per heavy atom. The van der Waals surface area contributed by atoms with Gasteiger partial charge >= 0.3 is 5.69 Å². The Bertz CT molecular complexity index is 728. The number of hydrogen-bond acceptors (Lipinski definition) is 6. The zero-order valence-electron chi connectivity index (χ0n) is 11.6. The third-order valence-electron chi connectivity index (χ3n) is 3.09. The molecule has 0 saturated heterocycles. The fraction of sp³-hybridized carbons (Fsp3) is 0.545. The average Bonchev–Trinajstić information content (AvgIpc) is 2.86. The number of H-pyrrole nitrogens is 1. The van der Waals surface area contributed by atoms with Gasteiger partial charge in [-0.25, -0.2) is 4.79 Å². The van der Waals surface area contributed by atoms with Crippen LogP contribution < -0.4 is 22.3 Å². The van der Waals surface area contributed by atoms with E-state index in [2.05, 4.69) is 15.3 Å². The van der Waals surface area contributed by atoms with Crippen molar-refractivity contribution in [2.24, 2.45) is 19.8 Å². The molecule has 0 aliphatic rings. The largest absolute Gasteiger partial charge is 0.383 e. The number of anilines is 1. The monoisotopic (exact) mass is 282 g/mol. The van der Waals surface area contributed by atoms with E-state index in [1.165, 1.54) is 11.6 Å². The van der Waals surface area contributed by atoms with Crippen molar-refractivity contribution in [3.8, 4) is 0 Å². The summed E-state index contributed by atoms with van der Waals surface area (Å²) in [4.78, 5) is 30.9. The molecule has 9 nitrogen and oxygen atoms in total. The Morgan fingerprint density at radius 3 is 2.70 bits per heavy atom.